The number of hydrogen-bond donors (Lipinski definition) is 0. The van der Waals surface area contributed by atoms with Gasteiger partial charge in [0, 0.05) is 12.1 Å². The molecule has 4 rings (SSSR count). The van der Waals surface area contributed by atoms with E-state index in [2.05, 4.69) is 67.6 Å². The lowest BCUT2D eigenvalue weighted by atomic mass is 9.90. The van der Waals surface area contributed by atoms with Crippen molar-refractivity contribution in [2.75, 3.05) is 0 Å². The van der Waals surface area contributed by atoms with Gasteiger partial charge in [0.25, 0.3) is 0 Å². The first-order chi connectivity index (χ1) is 11.9. The molecular formula is C21H24N2O2. The highest BCUT2D eigenvalue weighted by molar-refractivity contribution is 5.75. The van der Waals surface area contributed by atoms with Crippen molar-refractivity contribution in [1.29, 1.82) is 0 Å². The van der Waals surface area contributed by atoms with Crippen LogP contribution < -0.4 is 0 Å². The highest BCUT2D eigenvalue weighted by Crippen LogP contribution is 2.44. The number of rotatable bonds is 3. The number of hydrogen-bond acceptors (Lipinski definition) is 3. The topological polar surface area (TPSA) is 36.3 Å². The molecule has 3 aromatic rings. The normalized spacial score (nSPS) is 19.5. The molecule has 130 valence electrons. The molecule has 0 aliphatic carbocycles. The highest BCUT2D eigenvalue weighted by atomic mass is 16.7. The summed E-state index contributed by atoms with van der Waals surface area (Å²) in [6, 6.07) is 16.6. The summed E-state index contributed by atoms with van der Waals surface area (Å²) in [6.07, 6.45) is 1.58. The van der Waals surface area contributed by atoms with E-state index in [0.717, 1.165) is 23.1 Å². The van der Waals surface area contributed by atoms with E-state index in [0.29, 0.717) is 0 Å². The number of aromatic nitrogens is 2. The van der Waals surface area contributed by atoms with Crippen LogP contribution >= 0.6 is 0 Å². The summed E-state index contributed by atoms with van der Waals surface area (Å²) in [5.74, 6) is 0. The van der Waals surface area contributed by atoms with E-state index in [1.54, 1.807) is 0 Å². The van der Waals surface area contributed by atoms with Crippen LogP contribution in [0.2, 0.25) is 0 Å². The van der Waals surface area contributed by atoms with Crippen molar-refractivity contribution in [2.45, 2.75) is 51.7 Å². The van der Waals surface area contributed by atoms with E-state index in [9.17, 15) is 0 Å². The monoisotopic (exact) mass is 336 g/mol. The molecule has 4 heteroatoms. The van der Waals surface area contributed by atoms with Crippen molar-refractivity contribution in [1.82, 2.24) is 9.55 Å². The van der Waals surface area contributed by atoms with Gasteiger partial charge >= 0.3 is 0 Å². The maximum absolute atomic E-state index is 6.12. The number of para-hydroxylation sites is 2. The second-order valence-corrected chi connectivity index (χ2v) is 7.69. The highest BCUT2D eigenvalue weighted by Gasteiger charge is 2.49. The molecule has 0 atom stereocenters. The van der Waals surface area contributed by atoms with Gasteiger partial charge in [-0.1, -0.05) is 36.4 Å². The molecule has 0 spiro atoms. The summed E-state index contributed by atoms with van der Waals surface area (Å²) >= 11 is 0. The van der Waals surface area contributed by atoms with Crippen molar-refractivity contribution in [3.8, 4) is 0 Å². The van der Waals surface area contributed by atoms with Gasteiger partial charge in [-0.25, -0.2) is 4.98 Å². The molecule has 1 aliphatic heterocycles. The van der Waals surface area contributed by atoms with Crippen LogP contribution in [0.15, 0.2) is 54.9 Å². The minimum atomic E-state index is -0.313. The predicted molar refractivity (Wildman–Crippen MR) is 98.3 cm³/mol. The van der Waals surface area contributed by atoms with Crippen molar-refractivity contribution in [3.05, 3.63) is 66.0 Å². The van der Waals surface area contributed by atoms with E-state index in [-0.39, 0.29) is 17.5 Å². The third-order valence-corrected chi connectivity index (χ3v) is 5.39. The van der Waals surface area contributed by atoms with Gasteiger partial charge in [0.15, 0.2) is 6.29 Å². The van der Waals surface area contributed by atoms with E-state index < -0.39 is 0 Å². The number of benzene rings is 2. The molecule has 1 fully saturated rings. The molecule has 0 bridgehead atoms. The van der Waals surface area contributed by atoms with Crippen LogP contribution in [-0.4, -0.2) is 20.8 Å². The molecule has 1 aliphatic rings. The second kappa shape index (κ2) is 5.68. The molecule has 0 N–H and O–H groups in total. The zero-order chi connectivity index (χ0) is 17.7. The molecule has 1 saturated heterocycles. The van der Waals surface area contributed by atoms with Crippen molar-refractivity contribution in [3.63, 3.8) is 0 Å². The van der Waals surface area contributed by atoms with Crippen LogP contribution in [0.25, 0.3) is 11.0 Å². The van der Waals surface area contributed by atoms with Gasteiger partial charge < -0.3 is 14.0 Å². The van der Waals surface area contributed by atoms with Gasteiger partial charge in [0.1, 0.15) is 0 Å². The SMILES string of the molecule is CC1(C)OC(c2ccc(Cn3cnc4ccccc43)cc2)OC1(C)C. The Morgan fingerprint density at radius 1 is 0.920 bits per heavy atom. The molecule has 0 unspecified atom stereocenters. The molecule has 4 nitrogen and oxygen atoms in total. The van der Waals surface area contributed by atoms with Crippen molar-refractivity contribution in [2.24, 2.45) is 0 Å². The summed E-state index contributed by atoms with van der Waals surface area (Å²) in [5, 5.41) is 0. The summed E-state index contributed by atoms with van der Waals surface area (Å²) in [5.41, 5.74) is 3.83. The average Bonchev–Trinajstić information content (AvgIpc) is 3.07. The molecule has 0 saturated carbocycles. The van der Waals surface area contributed by atoms with Gasteiger partial charge in [-0.2, -0.15) is 0 Å². The van der Waals surface area contributed by atoms with Crippen LogP contribution in [0.5, 0.6) is 0 Å². The Labute approximate surface area is 148 Å². The summed E-state index contributed by atoms with van der Waals surface area (Å²) in [4.78, 5) is 4.45. The van der Waals surface area contributed by atoms with Gasteiger partial charge in [-0.05, 0) is 45.4 Å². The van der Waals surface area contributed by atoms with Gasteiger partial charge in [-0.15, -0.1) is 0 Å². The Hall–Kier alpha value is -2.17. The molecule has 2 heterocycles. The van der Waals surface area contributed by atoms with E-state index >= 15 is 0 Å². The maximum Gasteiger partial charge on any atom is 0.185 e. The lowest BCUT2D eigenvalue weighted by molar-refractivity contribution is -0.0895. The minimum absolute atomic E-state index is 0.312. The second-order valence-electron chi connectivity index (χ2n) is 7.69. The van der Waals surface area contributed by atoms with Gasteiger partial charge in [-0.3, -0.25) is 0 Å². The summed E-state index contributed by atoms with van der Waals surface area (Å²) in [7, 11) is 0. The third kappa shape index (κ3) is 2.86. The first kappa shape index (κ1) is 16.3. The molecule has 25 heavy (non-hydrogen) atoms. The van der Waals surface area contributed by atoms with E-state index in [1.165, 1.54) is 5.56 Å². The fourth-order valence-electron chi connectivity index (χ4n) is 3.09. The van der Waals surface area contributed by atoms with Crippen LogP contribution in [0.1, 0.15) is 45.1 Å². The standard InChI is InChI=1S/C21H24N2O2/c1-20(2)21(3,4)25-19(24-20)16-11-9-15(10-12-16)13-23-14-22-17-7-5-6-8-18(17)23/h5-12,14,19H,13H2,1-4H3. The molecule has 0 radical (unpaired) electrons. The Bertz CT molecular complexity index is 878. The lowest BCUT2D eigenvalue weighted by Gasteiger charge is -2.30. The summed E-state index contributed by atoms with van der Waals surface area (Å²) in [6.45, 7) is 9.10. The number of imidazole rings is 1. The largest absolute Gasteiger partial charge is 0.339 e. The zero-order valence-corrected chi connectivity index (χ0v) is 15.2. The van der Waals surface area contributed by atoms with Gasteiger partial charge in [0.2, 0.25) is 0 Å². The Morgan fingerprint density at radius 2 is 1.56 bits per heavy atom. The number of ether oxygens (including phenoxy) is 2. The van der Waals surface area contributed by atoms with Gasteiger partial charge in [0.05, 0.1) is 28.6 Å². The smallest absolute Gasteiger partial charge is 0.185 e. The Kier molecular flexibility index (Phi) is 3.71. The molecule has 1 aromatic heterocycles. The Balaban J connectivity index is 1.53. The predicted octanol–water partition coefficient (Wildman–Crippen LogP) is 4.69. The van der Waals surface area contributed by atoms with E-state index in [1.807, 2.05) is 24.5 Å². The van der Waals surface area contributed by atoms with Crippen LogP contribution in [-0.2, 0) is 16.0 Å². The fraction of sp³-hybridized carbons (Fsp3) is 0.381. The minimum Gasteiger partial charge on any atom is -0.339 e. The summed E-state index contributed by atoms with van der Waals surface area (Å²) < 4.78 is 14.4. The van der Waals surface area contributed by atoms with Crippen LogP contribution in [0, 0.1) is 0 Å². The molecule has 0 amide bonds. The average molecular weight is 336 g/mol. The van der Waals surface area contributed by atoms with Crippen molar-refractivity contribution >= 4 is 11.0 Å². The van der Waals surface area contributed by atoms with Crippen LogP contribution in [0.3, 0.4) is 0 Å². The first-order valence-electron chi connectivity index (χ1n) is 8.70. The Morgan fingerprint density at radius 3 is 2.24 bits per heavy atom. The fourth-order valence-corrected chi connectivity index (χ4v) is 3.09. The third-order valence-electron chi connectivity index (χ3n) is 5.39. The van der Waals surface area contributed by atoms with E-state index in [4.69, 9.17) is 9.47 Å². The zero-order valence-electron chi connectivity index (χ0n) is 15.2. The first-order valence-corrected chi connectivity index (χ1v) is 8.70. The lowest BCUT2D eigenvalue weighted by Crippen LogP contribution is -2.41. The quantitative estimate of drug-likeness (QED) is 0.696. The number of fused-ring (bicyclic) bond motifs is 1. The maximum atomic E-state index is 6.12. The van der Waals surface area contributed by atoms with Crippen LogP contribution in [0.4, 0.5) is 0 Å². The molecule has 2 aromatic carbocycles. The number of nitrogens with zero attached hydrogens (tertiary/aromatic N) is 2. The molecular weight excluding hydrogens is 312 g/mol. The van der Waals surface area contributed by atoms with Crippen molar-refractivity contribution < 1.29 is 9.47 Å².